The van der Waals surface area contributed by atoms with E-state index in [2.05, 4.69) is 37.8 Å². The van der Waals surface area contributed by atoms with Crippen LogP contribution in [-0.4, -0.2) is 66.3 Å². The number of carbonyl (C=O) groups is 1. The summed E-state index contributed by atoms with van der Waals surface area (Å²) >= 11 is 0. The molecule has 0 saturated carbocycles. The molecule has 1 aromatic heterocycles. The van der Waals surface area contributed by atoms with E-state index in [9.17, 15) is 4.79 Å². The van der Waals surface area contributed by atoms with Crippen molar-refractivity contribution in [3.8, 4) is 0 Å². The zero-order valence-corrected chi connectivity index (χ0v) is 15.2. The lowest BCUT2D eigenvalue weighted by Crippen LogP contribution is -2.47. The first-order valence-corrected chi connectivity index (χ1v) is 8.98. The van der Waals surface area contributed by atoms with Gasteiger partial charge in [0.25, 0.3) is 5.91 Å². The van der Waals surface area contributed by atoms with Gasteiger partial charge in [-0.05, 0) is 5.92 Å². The summed E-state index contributed by atoms with van der Waals surface area (Å²) in [5, 5.41) is 4.02. The molecule has 3 heterocycles. The molecular weight excluding hydrogens is 306 g/mol. The van der Waals surface area contributed by atoms with Crippen LogP contribution in [0.3, 0.4) is 0 Å². The third kappa shape index (κ3) is 3.49. The highest BCUT2D eigenvalue weighted by atomic mass is 16.5. The summed E-state index contributed by atoms with van der Waals surface area (Å²) in [7, 11) is 0. The fraction of sp³-hybridized carbons (Fsp3) is 0.778. The molecule has 0 spiro atoms. The van der Waals surface area contributed by atoms with E-state index in [4.69, 9.17) is 9.26 Å². The molecule has 134 valence electrons. The normalized spacial score (nSPS) is 26.1. The lowest BCUT2D eigenvalue weighted by molar-refractivity contribution is 0.0102. The molecule has 3 rings (SSSR count). The van der Waals surface area contributed by atoms with E-state index < -0.39 is 0 Å². The largest absolute Gasteiger partial charge is 0.379 e. The summed E-state index contributed by atoms with van der Waals surface area (Å²) in [5.74, 6) is 1.26. The van der Waals surface area contributed by atoms with Gasteiger partial charge in [-0.3, -0.25) is 9.69 Å². The molecule has 2 aliphatic rings. The van der Waals surface area contributed by atoms with Crippen molar-refractivity contribution in [2.75, 3.05) is 39.4 Å². The number of ether oxygens (including phenoxy) is 1. The van der Waals surface area contributed by atoms with Gasteiger partial charge in [-0.15, -0.1) is 0 Å². The minimum Gasteiger partial charge on any atom is -0.379 e. The first-order valence-electron chi connectivity index (χ1n) is 8.98. The van der Waals surface area contributed by atoms with Crippen LogP contribution in [0.2, 0.25) is 0 Å². The molecule has 2 unspecified atom stereocenters. The Morgan fingerprint density at radius 3 is 2.58 bits per heavy atom. The third-order valence-corrected chi connectivity index (χ3v) is 5.20. The van der Waals surface area contributed by atoms with E-state index in [1.165, 1.54) is 0 Å². The van der Waals surface area contributed by atoms with E-state index in [0.717, 1.165) is 51.6 Å². The summed E-state index contributed by atoms with van der Waals surface area (Å²) in [6.45, 7) is 13.4. The lowest BCUT2D eigenvalue weighted by Gasteiger charge is -2.34. The monoisotopic (exact) mass is 335 g/mol. The van der Waals surface area contributed by atoms with E-state index in [0.29, 0.717) is 17.7 Å². The number of morpholine rings is 1. The van der Waals surface area contributed by atoms with Crippen LogP contribution in [0.1, 0.15) is 50.4 Å². The quantitative estimate of drug-likeness (QED) is 0.847. The summed E-state index contributed by atoms with van der Waals surface area (Å²) in [6, 6.07) is 2.22. The van der Waals surface area contributed by atoms with Crippen molar-refractivity contribution in [1.29, 1.82) is 0 Å². The Morgan fingerprint density at radius 1 is 1.29 bits per heavy atom. The number of amides is 1. The van der Waals surface area contributed by atoms with E-state index in [1.807, 2.05) is 4.90 Å². The average Bonchev–Trinajstić information content (AvgIpc) is 3.22. The number of hydrogen-bond acceptors (Lipinski definition) is 5. The first kappa shape index (κ1) is 17.4. The van der Waals surface area contributed by atoms with Gasteiger partial charge >= 0.3 is 0 Å². The van der Waals surface area contributed by atoms with Crippen LogP contribution in [0.25, 0.3) is 0 Å². The number of nitrogens with zero attached hydrogens (tertiary/aromatic N) is 3. The van der Waals surface area contributed by atoms with Gasteiger partial charge in [-0.25, -0.2) is 0 Å². The van der Waals surface area contributed by atoms with Crippen molar-refractivity contribution in [3.05, 3.63) is 17.5 Å². The zero-order chi connectivity index (χ0) is 17.3. The predicted octanol–water partition coefficient (Wildman–Crippen LogP) is 2.15. The van der Waals surface area contributed by atoms with E-state index in [-0.39, 0.29) is 11.3 Å². The summed E-state index contributed by atoms with van der Waals surface area (Å²) < 4.78 is 10.8. The maximum Gasteiger partial charge on any atom is 0.276 e. The second-order valence-corrected chi connectivity index (χ2v) is 7.92. The SMILES string of the molecule is CCC1CN(C(=O)c2cc(C(C)(C)C)on2)CC1N1CCOCC1. The minimum atomic E-state index is -0.140. The molecule has 0 aromatic carbocycles. The summed E-state index contributed by atoms with van der Waals surface area (Å²) in [5.41, 5.74) is 0.288. The van der Waals surface area contributed by atoms with E-state index in [1.54, 1.807) is 6.07 Å². The van der Waals surface area contributed by atoms with Gasteiger partial charge in [0.05, 0.1) is 13.2 Å². The molecule has 24 heavy (non-hydrogen) atoms. The van der Waals surface area contributed by atoms with Gasteiger partial charge in [-0.2, -0.15) is 0 Å². The molecule has 2 saturated heterocycles. The van der Waals surface area contributed by atoms with Gasteiger partial charge in [0.2, 0.25) is 0 Å². The maximum absolute atomic E-state index is 12.8. The highest BCUT2D eigenvalue weighted by molar-refractivity contribution is 5.92. The van der Waals surface area contributed by atoms with Crippen LogP contribution in [0.15, 0.2) is 10.6 Å². The van der Waals surface area contributed by atoms with Crippen LogP contribution in [0, 0.1) is 5.92 Å². The Morgan fingerprint density at radius 2 is 2.00 bits per heavy atom. The number of hydrogen-bond donors (Lipinski definition) is 0. The van der Waals surface area contributed by atoms with Crippen molar-refractivity contribution < 1.29 is 14.1 Å². The molecule has 1 amide bonds. The van der Waals surface area contributed by atoms with Crippen molar-refractivity contribution in [1.82, 2.24) is 15.0 Å². The Kier molecular flexibility index (Phi) is 4.97. The van der Waals surface area contributed by atoms with Gasteiger partial charge in [-0.1, -0.05) is 39.3 Å². The summed E-state index contributed by atoms with van der Waals surface area (Å²) in [4.78, 5) is 17.3. The summed E-state index contributed by atoms with van der Waals surface area (Å²) in [6.07, 6.45) is 1.08. The highest BCUT2D eigenvalue weighted by Gasteiger charge is 2.39. The Bertz CT molecular complexity index is 572. The molecule has 0 bridgehead atoms. The standard InChI is InChI=1S/C18H29N3O3/c1-5-13-11-21(12-15(13)20-6-8-23-9-7-20)17(22)14-10-16(24-19-14)18(2,3)4/h10,13,15H,5-9,11-12H2,1-4H3. The van der Waals surface area contributed by atoms with Crippen LogP contribution in [-0.2, 0) is 10.2 Å². The van der Waals surface area contributed by atoms with Crippen molar-refractivity contribution in [3.63, 3.8) is 0 Å². The second kappa shape index (κ2) is 6.84. The Hall–Kier alpha value is -1.40. The number of rotatable bonds is 3. The van der Waals surface area contributed by atoms with Crippen LogP contribution < -0.4 is 0 Å². The molecule has 2 aliphatic heterocycles. The number of carbonyl (C=O) groups excluding carboxylic acids is 1. The molecule has 2 fully saturated rings. The molecule has 6 heteroatoms. The molecule has 1 aromatic rings. The topological polar surface area (TPSA) is 58.8 Å². The van der Waals surface area contributed by atoms with Crippen LogP contribution in [0.5, 0.6) is 0 Å². The van der Waals surface area contributed by atoms with Crippen LogP contribution in [0.4, 0.5) is 0 Å². The van der Waals surface area contributed by atoms with Gasteiger partial charge in [0.15, 0.2) is 5.69 Å². The van der Waals surface area contributed by atoms with E-state index >= 15 is 0 Å². The third-order valence-electron chi connectivity index (χ3n) is 5.20. The second-order valence-electron chi connectivity index (χ2n) is 7.92. The zero-order valence-electron chi connectivity index (χ0n) is 15.2. The molecule has 6 nitrogen and oxygen atoms in total. The van der Waals surface area contributed by atoms with Crippen molar-refractivity contribution in [2.45, 2.75) is 45.6 Å². The van der Waals surface area contributed by atoms with Gasteiger partial charge < -0.3 is 14.2 Å². The predicted molar refractivity (Wildman–Crippen MR) is 91.1 cm³/mol. The number of likely N-dealkylation sites (tertiary alicyclic amines) is 1. The highest BCUT2D eigenvalue weighted by Crippen LogP contribution is 2.28. The molecule has 0 N–H and O–H groups in total. The first-order chi connectivity index (χ1) is 11.4. The molecular formula is C18H29N3O3. The molecule has 0 aliphatic carbocycles. The van der Waals surface area contributed by atoms with Crippen molar-refractivity contribution in [2.24, 2.45) is 5.92 Å². The smallest absolute Gasteiger partial charge is 0.276 e. The average molecular weight is 335 g/mol. The molecule has 2 atom stereocenters. The van der Waals surface area contributed by atoms with Crippen LogP contribution >= 0.6 is 0 Å². The van der Waals surface area contributed by atoms with Gasteiger partial charge in [0.1, 0.15) is 5.76 Å². The maximum atomic E-state index is 12.8. The fourth-order valence-corrected chi connectivity index (χ4v) is 3.64. The number of aromatic nitrogens is 1. The lowest BCUT2D eigenvalue weighted by atomic mass is 9.93. The Labute approximate surface area is 144 Å². The van der Waals surface area contributed by atoms with Gasteiger partial charge in [0, 0.05) is 43.7 Å². The fourth-order valence-electron chi connectivity index (χ4n) is 3.64. The van der Waals surface area contributed by atoms with Crippen molar-refractivity contribution >= 4 is 5.91 Å². The Balaban J connectivity index is 1.70. The molecule has 0 radical (unpaired) electrons. The minimum absolute atomic E-state index is 0.0107.